The Balaban J connectivity index is 1.66. The Kier molecular flexibility index (Phi) is 11.8. The maximum atomic E-state index is 12.4. The molecule has 0 aliphatic heterocycles. The zero-order valence-corrected chi connectivity index (χ0v) is 20.7. The van der Waals surface area contributed by atoms with Crippen LogP contribution in [-0.4, -0.2) is 39.1 Å². The fraction of sp³-hybridized carbons (Fsp3) is 0.704. The molecule has 1 aliphatic carbocycles. The number of rotatable bonds is 16. The molecule has 1 aromatic rings. The fourth-order valence-corrected chi connectivity index (χ4v) is 6.27. The summed E-state index contributed by atoms with van der Waals surface area (Å²) in [6, 6.07) is 10.6. The third kappa shape index (κ3) is 9.66. The van der Waals surface area contributed by atoms with Crippen LogP contribution in [0.1, 0.15) is 90.0 Å². The summed E-state index contributed by atoms with van der Waals surface area (Å²) < 4.78 is 0. The van der Waals surface area contributed by atoms with E-state index in [9.17, 15) is 14.7 Å². The lowest BCUT2D eigenvalue weighted by molar-refractivity contribution is -0.137. The van der Waals surface area contributed by atoms with Crippen molar-refractivity contribution in [2.24, 2.45) is 11.3 Å². The number of benzene rings is 1. The van der Waals surface area contributed by atoms with Gasteiger partial charge in [0.25, 0.3) is 0 Å². The molecule has 1 aliphatic rings. The van der Waals surface area contributed by atoms with Gasteiger partial charge >= 0.3 is 5.97 Å². The molecule has 2 rings (SSSR count). The highest BCUT2D eigenvalue weighted by Crippen LogP contribution is 2.38. The summed E-state index contributed by atoms with van der Waals surface area (Å²) in [4.78, 5) is 23.0. The molecule has 0 spiro atoms. The first-order valence-corrected chi connectivity index (χ1v) is 13.4. The Labute approximate surface area is 198 Å². The van der Waals surface area contributed by atoms with Crippen molar-refractivity contribution >= 4 is 23.5 Å². The third-order valence-electron chi connectivity index (χ3n) is 6.94. The topological polar surface area (TPSA) is 74.6 Å². The van der Waals surface area contributed by atoms with Gasteiger partial charge in [-0.15, -0.1) is 0 Å². The van der Waals surface area contributed by atoms with Gasteiger partial charge in [-0.05, 0) is 49.5 Å². The summed E-state index contributed by atoms with van der Waals surface area (Å²) in [7, 11) is 0. The summed E-state index contributed by atoms with van der Waals surface area (Å²) in [6.07, 6.45) is 10.3. The Morgan fingerprint density at radius 3 is 2.53 bits per heavy atom. The van der Waals surface area contributed by atoms with Crippen LogP contribution in [0.25, 0.3) is 0 Å². The molecule has 0 saturated heterocycles. The van der Waals surface area contributed by atoms with Gasteiger partial charge in [0.2, 0.25) is 0 Å². The summed E-state index contributed by atoms with van der Waals surface area (Å²) in [6.45, 7) is 4.32. The van der Waals surface area contributed by atoms with Crippen LogP contribution in [0.15, 0.2) is 30.3 Å². The maximum absolute atomic E-state index is 12.4. The molecular formula is C27H42O4S. The minimum absolute atomic E-state index is 0.112. The van der Waals surface area contributed by atoms with Crippen molar-refractivity contribution in [3.8, 4) is 0 Å². The molecule has 0 radical (unpaired) electrons. The number of unbranched alkanes of at least 4 members (excludes halogenated alkanes) is 4. The first-order valence-electron chi connectivity index (χ1n) is 12.4. The molecule has 3 atom stereocenters. The van der Waals surface area contributed by atoms with E-state index in [1.54, 1.807) is 11.8 Å². The number of ketones is 1. The number of hydrogen-bond donors (Lipinski definition) is 2. The lowest BCUT2D eigenvalue weighted by atomic mass is 9.82. The van der Waals surface area contributed by atoms with Gasteiger partial charge in [-0.25, -0.2) is 0 Å². The summed E-state index contributed by atoms with van der Waals surface area (Å²) in [5.41, 5.74) is 1.26. The van der Waals surface area contributed by atoms with Gasteiger partial charge in [0.05, 0.1) is 6.10 Å². The molecule has 2 N–H and O–H groups in total. The molecule has 0 heterocycles. The van der Waals surface area contributed by atoms with Crippen molar-refractivity contribution in [2.45, 2.75) is 102 Å². The molecule has 3 unspecified atom stereocenters. The second-order valence-corrected chi connectivity index (χ2v) is 11.3. The molecule has 4 nitrogen and oxygen atoms in total. The van der Waals surface area contributed by atoms with Gasteiger partial charge in [-0.3, -0.25) is 9.59 Å². The van der Waals surface area contributed by atoms with Crippen molar-refractivity contribution in [3.05, 3.63) is 35.9 Å². The fourth-order valence-electron chi connectivity index (χ4n) is 4.58. The number of Topliss-reactive ketones (excluding diaryl/α,β-unsaturated/α-hetero) is 1. The minimum atomic E-state index is -0.731. The van der Waals surface area contributed by atoms with Crippen LogP contribution in [0.3, 0.4) is 0 Å². The number of aliphatic hydroxyl groups excluding tert-OH is 1. The number of aliphatic hydroxyl groups is 1. The number of carbonyl (C=O) groups is 2. The largest absolute Gasteiger partial charge is 0.481 e. The molecule has 0 aromatic heterocycles. The standard InChI is InChI=1S/C27H42O4S/c1-27(2,19-11-10-14-21-12-6-5-7-13-21)25(29)20-32-24-18-17-23(28)22(24)15-8-3-4-9-16-26(30)31/h5-7,12-13,22,24-25,29H,3-4,8-11,14-20H2,1-2H3,(H,30,31). The van der Waals surface area contributed by atoms with Gasteiger partial charge in [0, 0.05) is 29.8 Å². The minimum Gasteiger partial charge on any atom is -0.481 e. The Hall–Kier alpha value is -1.33. The van der Waals surface area contributed by atoms with Crippen LogP contribution >= 0.6 is 11.8 Å². The Morgan fingerprint density at radius 1 is 1.09 bits per heavy atom. The number of hydrogen-bond acceptors (Lipinski definition) is 4. The van der Waals surface area contributed by atoms with Crippen LogP contribution in [-0.2, 0) is 16.0 Å². The van der Waals surface area contributed by atoms with E-state index >= 15 is 0 Å². The van der Waals surface area contributed by atoms with Gasteiger partial charge < -0.3 is 10.2 Å². The van der Waals surface area contributed by atoms with Crippen LogP contribution in [0.5, 0.6) is 0 Å². The highest BCUT2D eigenvalue weighted by molar-refractivity contribution is 8.00. The van der Waals surface area contributed by atoms with Crippen molar-refractivity contribution in [3.63, 3.8) is 0 Å². The van der Waals surface area contributed by atoms with Crippen LogP contribution in [0, 0.1) is 11.3 Å². The van der Waals surface area contributed by atoms with Gasteiger partial charge in [-0.2, -0.15) is 11.8 Å². The van der Waals surface area contributed by atoms with E-state index in [4.69, 9.17) is 5.11 Å². The predicted molar refractivity (Wildman–Crippen MR) is 133 cm³/mol. The summed E-state index contributed by atoms with van der Waals surface area (Å²) >= 11 is 1.79. The van der Waals surface area contributed by atoms with E-state index < -0.39 is 5.97 Å². The number of aryl methyl sites for hydroxylation is 1. The summed E-state index contributed by atoms with van der Waals surface area (Å²) in [5, 5.41) is 19.9. The first-order chi connectivity index (χ1) is 15.3. The zero-order valence-electron chi connectivity index (χ0n) is 19.9. The van der Waals surface area contributed by atoms with Crippen molar-refractivity contribution in [1.29, 1.82) is 0 Å². The average molecular weight is 463 g/mol. The summed E-state index contributed by atoms with van der Waals surface area (Å²) in [5.74, 6) is 0.451. The molecule has 180 valence electrons. The monoisotopic (exact) mass is 462 g/mol. The van der Waals surface area contributed by atoms with Gasteiger partial charge in [-0.1, -0.05) is 69.9 Å². The molecule has 0 bridgehead atoms. The first kappa shape index (κ1) is 26.9. The molecule has 32 heavy (non-hydrogen) atoms. The number of thioether (sulfide) groups is 1. The molecule has 1 saturated carbocycles. The van der Waals surface area contributed by atoms with E-state index in [-0.39, 0.29) is 23.9 Å². The normalized spacial score (nSPS) is 19.9. The SMILES string of the molecule is CC(C)(CCCCc1ccccc1)C(O)CSC1CCC(=O)C1CCCCCCC(=O)O. The smallest absolute Gasteiger partial charge is 0.303 e. The van der Waals surface area contributed by atoms with Crippen LogP contribution < -0.4 is 0 Å². The van der Waals surface area contributed by atoms with E-state index in [2.05, 4.69) is 38.1 Å². The van der Waals surface area contributed by atoms with E-state index in [0.717, 1.165) is 64.2 Å². The van der Waals surface area contributed by atoms with E-state index in [0.29, 0.717) is 23.2 Å². The zero-order chi connectivity index (χ0) is 23.4. The second-order valence-electron chi connectivity index (χ2n) is 10.0. The Morgan fingerprint density at radius 2 is 1.81 bits per heavy atom. The molecule has 1 aromatic carbocycles. The van der Waals surface area contributed by atoms with E-state index in [1.807, 2.05) is 6.07 Å². The van der Waals surface area contributed by atoms with Crippen molar-refractivity contribution < 1.29 is 19.8 Å². The maximum Gasteiger partial charge on any atom is 0.303 e. The molecule has 0 amide bonds. The van der Waals surface area contributed by atoms with E-state index in [1.165, 1.54) is 5.56 Å². The van der Waals surface area contributed by atoms with Crippen molar-refractivity contribution in [2.75, 3.05) is 5.75 Å². The van der Waals surface area contributed by atoms with Crippen LogP contribution in [0.2, 0.25) is 0 Å². The number of carbonyl (C=O) groups excluding carboxylic acids is 1. The second kappa shape index (κ2) is 14.0. The highest BCUT2D eigenvalue weighted by Gasteiger charge is 2.36. The predicted octanol–water partition coefficient (Wildman–Crippen LogP) is 6.29. The quantitative estimate of drug-likeness (QED) is 0.282. The third-order valence-corrected chi connectivity index (χ3v) is 8.44. The number of aliphatic carboxylic acids is 1. The van der Waals surface area contributed by atoms with Crippen LogP contribution in [0.4, 0.5) is 0 Å². The number of carboxylic acid groups (broad SMARTS) is 1. The van der Waals surface area contributed by atoms with Gasteiger partial charge in [0.1, 0.15) is 5.78 Å². The molecular weight excluding hydrogens is 420 g/mol. The van der Waals surface area contributed by atoms with Crippen molar-refractivity contribution in [1.82, 2.24) is 0 Å². The highest BCUT2D eigenvalue weighted by atomic mass is 32.2. The Bertz CT molecular complexity index is 688. The molecule has 1 fully saturated rings. The lowest BCUT2D eigenvalue weighted by Crippen LogP contribution is -2.32. The van der Waals surface area contributed by atoms with Gasteiger partial charge in [0.15, 0.2) is 0 Å². The molecule has 5 heteroatoms. The average Bonchev–Trinajstić information content (AvgIpc) is 3.11. The lowest BCUT2D eigenvalue weighted by Gasteiger charge is -2.31. The number of carboxylic acids is 1.